The number of nitrogens with one attached hydrogen (secondary N) is 1. The van der Waals surface area contributed by atoms with Crippen molar-refractivity contribution in [3.8, 4) is 6.07 Å². The monoisotopic (exact) mass is 454 g/mol. The molecule has 1 aromatic carbocycles. The van der Waals surface area contributed by atoms with Crippen molar-refractivity contribution in [3.05, 3.63) is 29.5 Å². The average Bonchev–Trinajstić information content (AvgIpc) is 3.11. The van der Waals surface area contributed by atoms with Gasteiger partial charge in [-0.2, -0.15) is 9.64 Å². The van der Waals surface area contributed by atoms with Gasteiger partial charge in [-0.1, -0.05) is 41.0 Å². The Labute approximate surface area is 195 Å². The van der Waals surface area contributed by atoms with E-state index in [-0.39, 0.29) is 5.91 Å². The van der Waals surface area contributed by atoms with E-state index in [9.17, 15) is 10.1 Å². The van der Waals surface area contributed by atoms with Gasteiger partial charge in [-0.15, -0.1) is 10.2 Å². The third-order valence-electron chi connectivity index (χ3n) is 4.70. The van der Waals surface area contributed by atoms with E-state index >= 15 is 0 Å². The van der Waals surface area contributed by atoms with E-state index in [1.165, 1.54) is 18.5 Å². The molecule has 0 aliphatic rings. The van der Waals surface area contributed by atoms with Crippen molar-refractivity contribution in [2.45, 2.75) is 60.8 Å². The van der Waals surface area contributed by atoms with Crippen LogP contribution in [0.25, 0.3) is 0 Å². The van der Waals surface area contributed by atoms with Crippen LogP contribution in [0.15, 0.2) is 28.4 Å². The fourth-order valence-corrected chi connectivity index (χ4v) is 4.08. The molecule has 8 heteroatoms. The molecular formula is C24H34N6OS. The zero-order chi connectivity index (χ0) is 23.7. The molecule has 2 rings (SSSR count). The number of aromatic nitrogens is 1. The lowest BCUT2D eigenvalue weighted by Gasteiger charge is -2.29. The van der Waals surface area contributed by atoms with Crippen LogP contribution in [0.2, 0.25) is 0 Å². The zero-order valence-corrected chi connectivity index (χ0v) is 20.8. The second kappa shape index (κ2) is 12.3. The summed E-state index contributed by atoms with van der Waals surface area (Å²) < 4.78 is 4.39. The van der Waals surface area contributed by atoms with Gasteiger partial charge in [0, 0.05) is 25.7 Å². The molecule has 0 bridgehead atoms. The van der Waals surface area contributed by atoms with Crippen LogP contribution in [0, 0.1) is 23.2 Å². The van der Waals surface area contributed by atoms with Crippen LogP contribution in [-0.2, 0) is 11.2 Å². The number of nitrogens with zero attached hydrogens (tertiary/aromatic N) is 5. The Kier molecular flexibility index (Phi) is 9.79. The number of anilines is 2. The fourth-order valence-electron chi connectivity index (χ4n) is 3.37. The molecule has 0 unspecified atom stereocenters. The van der Waals surface area contributed by atoms with Crippen LogP contribution < -0.4 is 10.2 Å². The minimum Gasteiger partial charge on any atom is -0.371 e. The molecule has 32 heavy (non-hydrogen) atoms. The standard InChI is InChI=1S/C24H34N6OS/c1-7-8-9-21-20(13-25)24(32-29-21)28-27-22-11-10-19(12-23(22)26-18(6)31)30(14-16(2)3)15-17(4)5/h10-12,16-17H,7-9,14-15H2,1-6H3,(H,26,31). The lowest BCUT2D eigenvalue weighted by molar-refractivity contribution is -0.114. The Morgan fingerprint density at radius 1 is 1.22 bits per heavy atom. The lowest BCUT2D eigenvalue weighted by atomic mass is 10.1. The number of amides is 1. The average molecular weight is 455 g/mol. The SMILES string of the molecule is CCCCc1nsc(N=Nc2ccc(N(CC(C)C)CC(C)C)cc2NC(C)=O)c1C#N. The number of hydrogen-bond donors (Lipinski definition) is 1. The number of carbonyl (C=O) groups excluding carboxylic acids is 1. The van der Waals surface area contributed by atoms with Crippen LogP contribution in [0.3, 0.4) is 0 Å². The fraction of sp³-hybridized carbons (Fsp3) is 0.542. The maximum absolute atomic E-state index is 11.8. The molecule has 0 fully saturated rings. The summed E-state index contributed by atoms with van der Waals surface area (Å²) in [5.74, 6) is 0.847. The van der Waals surface area contributed by atoms with Crippen LogP contribution in [0.5, 0.6) is 0 Å². The number of rotatable bonds is 11. The summed E-state index contributed by atoms with van der Waals surface area (Å²) in [5.41, 5.74) is 3.46. The first-order valence-corrected chi connectivity index (χ1v) is 12.0. The smallest absolute Gasteiger partial charge is 0.221 e. The molecule has 7 nitrogen and oxygen atoms in total. The maximum atomic E-state index is 11.8. The Balaban J connectivity index is 2.38. The molecule has 0 spiro atoms. The van der Waals surface area contributed by atoms with E-state index < -0.39 is 0 Å². The molecule has 0 saturated carbocycles. The van der Waals surface area contributed by atoms with Crippen molar-refractivity contribution in [3.63, 3.8) is 0 Å². The molecule has 1 N–H and O–H groups in total. The van der Waals surface area contributed by atoms with Gasteiger partial charge < -0.3 is 10.2 Å². The summed E-state index contributed by atoms with van der Waals surface area (Å²) in [7, 11) is 0. The summed E-state index contributed by atoms with van der Waals surface area (Å²) in [6.45, 7) is 14.2. The second-order valence-corrected chi connectivity index (χ2v) is 9.55. The van der Waals surface area contributed by atoms with E-state index in [0.29, 0.717) is 33.8 Å². The zero-order valence-electron chi connectivity index (χ0n) is 20.0. The third-order valence-corrected chi connectivity index (χ3v) is 5.47. The molecular weight excluding hydrogens is 420 g/mol. The molecule has 0 radical (unpaired) electrons. The van der Waals surface area contributed by atoms with Crippen LogP contribution >= 0.6 is 11.5 Å². The number of azo groups is 1. The van der Waals surface area contributed by atoms with Gasteiger partial charge in [0.05, 0.1) is 11.4 Å². The topological polar surface area (TPSA) is 93.7 Å². The van der Waals surface area contributed by atoms with E-state index in [4.69, 9.17) is 0 Å². The van der Waals surface area contributed by atoms with Crippen molar-refractivity contribution in [2.24, 2.45) is 22.1 Å². The van der Waals surface area contributed by atoms with Crippen LogP contribution in [-0.4, -0.2) is 23.4 Å². The number of carbonyl (C=O) groups is 1. The van der Waals surface area contributed by atoms with Crippen LogP contribution in [0.1, 0.15) is 65.6 Å². The van der Waals surface area contributed by atoms with Gasteiger partial charge in [0.1, 0.15) is 17.3 Å². The summed E-state index contributed by atoms with van der Waals surface area (Å²) in [6.07, 6.45) is 2.78. The largest absolute Gasteiger partial charge is 0.371 e. The maximum Gasteiger partial charge on any atom is 0.221 e. The summed E-state index contributed by atoms with van der Waals surface area (Å²) in [4.78, 5) is 14.2. The normalized spacial score (nSPS) is 11.3. The molecule has 0 aliphatic carbocycles. The first-order chi connectivity index (χ1) is 15.2. The van der Waals surface area contributed by atoms with Gasteiger partial charge in [0.25, 0.3) is 0 Å². The van der Waals surface area contributed by atoms with Crippen molar-refractivity contribution < 1.29 is 4.79 Å². The summed E-state index contributed by atoms with van der Waals surface area (Å²) in [5, 5.41) is 21.6. The predicted octanol–water partition coefficient (Wildman–Crippen LogP) is 6.85. The van der Waals surface area contributed by atoms with Crippen molar-refractivity contribution >= 4 is 39.5 Å². The van der Waals surface area contributed by atoms with Crippen molar-refractivity contribution in [2.75, 3.05) is 23.3 Å². The van der Waals surface area contributed by atoms with E-state index in [0.717, 1.165) is 43.7 Å². The summed E-state index contributed by atoms with van der Waals surface area (Å²) >= 11 is 1.18. The van der Waals surface area contributed by atoms with Crippen molar-refractivity contribution in [1.29, 1.82) is 5.26 Å². The molecule has 1 amide bonds. The number of aryl methyl sites for hydroxylation is 1. The van der Waals surface area contributed by atoms with E-state index in [2.05, 4.69) is 65.5 Å². The van der Waals surface area contributed by atoms with Crippen LogP contribution in [0.4, 0.5) is 22.1 Å². The molecule has 1 aromatic heterocycles. The summed E-state index contributed by atoms with van der Waals surface area (Å²) in [6, 6.07) is 8.04. The number of hydrogen-bond acceptors (Lipinski definition) is 7. The van der Waals surface area contributed by atoms with Gasteiger partial charge in [-0.05, 0) is 54.4 Å². The molecule has 0 atom stereocenters. The molecule has 2 aromatic rings. The number of unbranched alkanes of at least 4 members (excludes halogenated alkanes) is 1. The molecule has 172 valence electrons. The van der Waals surface area contributed by atoms with Gasteiger partial charge in [0.15, 0.2) is 5.00 Å². The van der Waals surface area contributed by atoms with Crippen molar-refractivity contribution in [1.82, 2.24) is 4.37 Å². The number of benzene rings is 1. The van der Waals surface area contributed by atoms with Gasteiger partial charge in [0.2, 0.25) is 5.91 Å². The Morgan fingerprint density at radius 3 is 2.47 bits per heavy atom. The molecule has 0 aliphatic heterocycles. The Bertz CT molecular complexity index is 963. The highest BCUT2D eigenvalue weighted by molar-refractivity contribution is 7.10. The van der Waals surface area contributed by atoms with E-state index in [1.54, 1.807) is 0 Å². The minimum atomic E-state index is -0.171. The predicted molar refractivity (Wildman–Crippen MR) is 132 cm³/mol. The molecule has 1 heterocycles. The number of nitriles is 1. The Morgan fingerprint density at radius 2 is 1.91 bits per heavy atom. The first-order valence-electron chi connectivity index (χ1n) is 11.2. The van der Waals surface area contributed by atoms with Gasteiger partial charge in [-0.25, -0.2) is 0 Å². The quantitative estimate of drug-likeness (QED) is 0.376. The van der Waals surface area contributed by atoms with Gasteiger partial charge >= 0.3 is 0 Å². The highest BCUT2D eigenvalue weighted by atomic mass is 32.1. The minimum absolute atomic E-state index is 0.171. The second-order valence-electron chi connectivity index (χ2n) is 8.80. The highest BCUT2D eigenvalue weighted by Gasteiger charge is 2.15. The van der Waals surface area contributed by atoms with E-state index in [1.807, 2.05) is 18.2 Å². The third kappa shape index (κ3) is 7.41. The first kappa shape index (κ1) is 25.5. The molecule has 0 saturated heterocycles. The lowest BCUT2D eigenvalue weighted by Crippen LogP contribution is -2.31. The Hall–Kier alpha value is -2.79. The highest BCUT2D eigenvalue weighted by Crippen LogP contribution is 2.34. The van der Waals surface area contributed by atoms with Gasteiger partial charge in [-0.3, -0.25) is 4.79 Å².